The second kappa shape index (κ2) is 8.13. The number of nitrogens with two attached hydrogens (primary N) is 1. The lowest BCUT2D eigenvalue weighted by Crippen LogP contribution is -2.48. The van der Waals surface area contributed by atoms with Crippen LogP contribution in [0.3, 0.4) is 0 Å². The number of hydrogen-bond acceptors (Lipinski definition) is 4. The van der Waals surface area contributed by atoms with Gasteiger partial charge < -0.3 is 11.1 Å². The highest BCUT2D eigenvalue weighted by molar-refractivity contribution is 7.98. The summed E-state index contributed by atoms with van der Waals surface area (Å²) in [7, 11) is 0. The van der Waals surface area contributed by atoms with Crippen molar-refractivity contribution in [3.8, 4) is 0 Å². The molecule has 0 spiro atoms. The summed E-state index contributed by atoms with van der Waals surface area (Å²) in [5.74, 6) is 0.729. The maximum Gasteiger partial charge on any atom is 0.244 e. The molecule has 1 aromatic carbocycles. The van der Waals surface area contributed by atoms with Gasteiger partial charge in [-0.1, -0.05) is 19.4 Å². The van der Waals surface area contributed by atoms with E-state index < -0.39 is 5.54 Å². The summed E-state index contributed by atoms with van der Waals surface area (Å²) in [5, 5.41) is 2.88. The summed E-state index contributed by atoms with van der Waals surface area (Å²) in [6, 6.07) is 11.8. The molecule has 1 amide bonds. The van der Waals surface area contributed by atoms with E-state index in [0.717, 1.165) is 22.8 Å². The van der Waals surface area contributed by atoms with Crippen molar-refractivity contribution in [3.63, 3.8) is 0 Å². The zero-order valence-electron chi connectivity index (χ0n) is 13.6. The molecular weight excluding hydrogens is 306 g/mol. The number of thioether (sulfide) groups is 1. The first-order valence-electron chi connectivity index (χ1n) is 7.73. The van der Waals surface area contributed by atoms with Crippen LogP contribution in [0.15, 0.2) is 53.7 Å². The van der Waals surface area contributed by atoms with E-state index in [4.69, 9.17) is 5.73 Å². The van der Waals surface area contributed by atoms with E-state index in [0.29, 0.717) is 6.42 Å². The lowest BCUT2D eigenvalue weighted by Gasteiger charge is -2.22. The van der Waals surface area contributed by atoms with Crippen LogP contribution >= 0.6 is 11.8 Å². The predicted octanol–water partition coefficient (Wildman–Crippen LogP) is 3.83. The number of hydrogen-bond donors (Lipinski definition) is 2. The van der Waals surface area contributed by atoms with Gasteiger partial charge in [-0.15, -0.1) is 11.8 Å². The second-order valence-electron chi connectivity index (χ2n) is 5.80. The van der Waals surface area contributed by atoms with Crippen LogP contribution in [0.25, 0.3) is 0 Å². The Kier molecular flexibility index (Phi) is 6.19. The number of anilines is 1. The Bertz CT molecular complexity index is 626. The standard InChI is InChI=1S/C18H23N3OS/c1-3-10-18(2,19)17(22)21-15-6-8-16(9-7-15)23-13-14-5-4-11-20-12-14/h4-9,11-12H,3,10,13,19H2,1-2H3,(H,21,22). The molecule has 5 heteroatoms. The van der Waals surface area contributed by atoms with Crippen LogP contribution in [0.2, 0.25) is 0 Å². The lowest BCUT2D eigenvalue weighted by atomic mass is 9.96. The minimum absolute atomic E-state index is 0.143. The first kappa shape index (κ1) is 17.5. The summed E-state index contributed by atoms with van der Waals surface area (Å²) in [6.45, 7) is 3.79. The maximum absolute atomic E-state index is 12.2. The first-order chi connectivity index (χ1) is 11.0. The molecule has 1 atom stereocenters. The zero-order valence-corrected chi connectivity index (χ0v) is 14.4. The van der Waals surface area contributed by atoms with Gasteiger partial charge >= 0.3 is 0 Å². The highest BCUT2D eigenvalue weighted by atomic mass is 32.2. The van der Waals surface area contributed by atoms with Crippen LogP contribution in [-0.4, -0.2) is 16.4 Å². The minimum Gasteiger partial charge on any atom is -0.325 e. The molecule has 0 fully saturated rings. The fraction of sp³-hybridized carbons (Fsp3) is 0.333. The van der Waals surface area contributed by atoms with Crippen LogP contribution in [0, 0.1) is 0 Å². The zero-order chi connectivity index (χ0) is 16.7. The van der Waals surface area contributed by atoms with E-state index in [9.17, 15) is 4.79 Å². The van der Waals surface area contributed by atoms with Gasteiger partial charge in [0.25, 0.3) is 0 Å². The third-order valence-corrected chi connectivity index (χ3v) is 4.61. The van der Waals surface area contributed by atoms with E-state index in [1.54, 1.807) is 24.9 Å². The molecule has 1 unspecified atom stereocenters. The average Bonchev–Trinajstić information content (AvgIpc) is 2.55. The van der Waals surface area contributed by atoms with Gasteiger partial charge in [-0.05, 0) is 49.2 Å². The third kappa shape index (κ3) is 5.37. The van der Waals surface area contributed by atoms with Crippen LogP contribution in [0.1, 0.15) is 32.3 Å². The Morgan fingerprint density at radius 3 is 2.65 bits per heavy atom. The van der Waals surface area contributed by atoms with E-state index in [1.165, 1.54) is 5.56 Å². The number of rotatable bonds is 7. The number of amides is 1. The van der Waals surface area contributed by atoms with Crippen molar-refractivity contribution in [1.82, 2.24) is 4.98 Å². The van der Waals surface area contributed by atoms with E-state index in [-0.39, 0.29) is 5.91 Å². The molecule has 4 nitrogen and oxygen atoms in total. The first-order valence-corrected chi connectivity index (χ1v) is 8.72. The van der Waals surface area contributed by atoms with Gasteiger partial charge in [0.15, 0.2) is 0 Å². The maximum atomic E-state index is 12.2. The van der Waals surface area contributed by atoms with Crippen LogP contribution in [0.4, 0.5) is 5.69 Å². The van der Waals surface area contributed by atoms with Crippen LogP contribution < -0.4 is 11.1 Å². The molecule has 3 N–H and O–H groups in total. The molecule has 0 saturated carbocycles. The topological polar surface area (TPSA) is 68.0 Å². The van der Waals surface area contributed by atoms with Crippen molar-refractivity contribution in [2.45, 2.75) is 42.9 Å². The van der Waals surface area contributed by atoms with Gasteiger partial charge in [0, 0.05) is 28.7 Å². The molecule has 2 rings (SSSR count). The summed E-state index contributed by atoms with van der Waals surface area (Å²) < 4.78 is 0. The second-order valence-corrected chi connectivity index (χ2v) is 6.84. The minimum atomic E-state index is -0.831. The van der Waals surface area contributed by atoms with E-state index >= 15 is 0 Å². The van der Waals surface area contributed by atoms with Crippen molar-refractivity contribution >= 4 is 23.4 Å². The Balaban J connectivity index is 1.90. The number of nitrogens with one attached hydrogen (secondary N) is 1. The fourth-order valence-corrected chi connectivity index (χ4v) is 3.02. The molecule has 1 heterocycles. The Morgan fingerprint density at radius 2 is 2.04 bits per heavy atom. The van der Waals surface area contributed by atoms with Gasteiger partial charge in [-0.25, -0.2) is 0 Å². The van der Waals surface area contributed by atoms with E-state index in [2.05, 4.69) is 16.4 Å². The highest BCUT2D eigenvalue weighted by Crippen LogP contribution is 2.24. The lowest BCUT2D eigenvalue weighted by molar-refractivity contribution is -0.120. The van der Waals surface area contributed by atoms with Crippen molar-refractivity contribution in [1.29, 1.82) is 0 Å². The van der Waals surface area contributed by atoms with Crippen molar-refractivity contribution in [2.75, 3.05) is 5.32 Å². The Morgan fingerprint density at radius 1 is 1.30 bits per heavy atom. The number of aromatic nitrogens is 1. The van der Waals surface area contributed by atoms with Gasteiger partial charge in [-0.2, -0.15) is 0 Å². The normalized spacial score (nSPS) is 13.3. The molecule has 1 aromatic heterocycles. The molecule has 0 aliphatic carbocycles. The van der Waals surface area contributed by atoms with Crippen LogP contribution in [0.5, 0.6) is 0 Å². The quantitative estimate of drug-likeness (QED) is 0.758. The predicted molar refractivity (Wildman–Crippen MR) is 96.4 cm³/mol. The molecule has 0 radical (unpaired) electrons. The van der Waals surface area contributed by atoms with Gasteiger partial charge in [0.2, 0.25) is 5.91 Å². The molecular formula is C18H23N3OS. The number of pyridine rings is 1. The molecule has 0 aliphatic heterocycles. The van der Waals surface area contributed by atoms with Gasteiger partial charge in [-0.3, -0.25) is 9.78 Å². The largest absolute Gasteiger partial charge is 0.325 e. The molecule has 23 heavy (non-hydrogen) atoms. The SMILES string of the molecule is CCCC(C)(N)C(=O)Nc1ccc(SCc2cccnc2)cc1. The molecule has 0 bridgehead atoms. The third-order valence-electron chi connectivity index (χ3n) is 3.53. The summed E-state index contributed by atoms with van der Waals surface area (Å²) in [6.07, 6.45) is 5.19. The summed E-state index contributed by atoms with van der Waals surface area (Å²) >= 11 is 1.74. The Labute approximate surface area is 141 Å². The number of benzene rings is 1. The Hall–Kier alpha value is -1.85. The smallest absolute Gasteiger partial charge is 0.244 e. The van der Waals surface area contributed by atoms with Gasteiger partial charge in [0.1, 0.15) is 0 Å². The molecule has 0 saturated heterocycles. The number of carbonyl (C=O) groups excluding carboxylic acids is 1. The summed E-state index contributed by atoms with van der Waals surface area (Å²) in [5.41, 5.74) is 7.17. The summed E-state index contributed by atoms with van der Waals surface area (Å²) in [4.78, 5) is 17.4. The molecule has 122 valence electrons. The van der Waals surface area contributed by atoms with Crippen molar-refractivity contribution in [2.24, 2.45) is 5.73 Å². The number of carbonyl (C=O) groups is 1. The number of nitrogens with zero attached hydrogens (tertiary/aromatic N) is 1. The average molecular weight is 329 g/mol. The van der Waals surface area contributed by atoms with Crippen LogP contribution in [-0.2, 0) is 10.5 Å². The molecule has 2 aromatic rings. The monoisotopic (exact) mass is 329 g/mol. The van der Waals surface area contributed by atoms with Gasteiger partial charge in [0.05, 0.1) is 5.54 Å². The van der Waals surface area contributed by atoms with E-state index in [1.807, 2.05) is 43.5 Å². The van der Waals surface area contributed by atoms with Crippen molar-refractivity contribution in [3.05, 3.63) is 54.4 Å². The fourth-order valence-electron chi connectivity index (χ4n) is 2.19. The molecule has 0 aliphatic rings. The highest BCUT2D eigenvalue weighted by Gasteiger charge is 2.26. The van der Waals surface area contributed by atoms with Crippen molar-refractivity contribution < 1.29 is 4.79 Å².